The second kappa shape index (κ2) is 8.44. The smallest absolute Gasteiger partial charge is 0.243 e. The number of nitrogens with zero attached hydrogens (tertiary/aromatic N) is 1. The van der Waals surface area contributed by atoms with Crippen molar-refractivity contribution in [3.63, 3.8) is 0 Å². The largest absolute Gasteiger partial charge is 0.335 e. The highest BCUT2D eigenvalue weighted by molar-refractivity contribution is 5.95. The zero-order valence-corrected chi connectivity index (χ0v) is 15.0. The Labute approximate surface area is 148 Å². The summed E-state index contributed by atoms with van der Waals surface area (Å²) in [5.41, 5.74) is 9.88. The van der Waals surface area contributed by atoms with Gasteiger partial charge in [-0.1, -0.05) is 42.5 Å². The number of nitrogens with two attached hydrogens (primary N) is 1. The quantitative estimate of drug-likeness (QED) is 0.848. The first-order valence-corrected chi connectivity index (χ1v) is 8.29. The zero-order chi connectivity index (χ0) is 18.4. The highest BCUT2D eigenvalue weighted by atomic mass is 16.2. The number of rotatable bonds is 6. The van der Waals surface area contributed by atoms with Crippen LogP contribution in [0.5, 0.6) is 0 Å². The van der Waals surface area contributed by atoms with Crippen LogP contribution in [-0.4, -0.2) is 36.3 Å². The lowest BCUT2D eigenvalue weighted by Gasteiger charge is -2.21. The number of hydrogen-bond acceptors (Lipinski definition) is 3. The molecule has 0 aliphatic rings. The van der Waals surface area contributed by atoms with Gasteiger partial charge in [-0.2, -0.15) is 0 Å². The molecule has 0 saturated carbocycles. The minimum atomic E-state index is -0.666. The molecule has 0 aromatic heterocycles. The molecule has 2 aromatic rings. The van der Waals surface area contributed by atoms with Crippen LogP contribution >= 0.6 is 0 Å². The van der Waals surface area contributed by atoms with Crippen LogP contribution in [0.3, 0.4) is 0 Å². The van der Waals surface area contributed by atoms with Crippen LogP contribution in [0, 0.1) is 13.8 Å². The molecule has 132 valence electrons. The van der Waals surface area contributed by atoms with Crippen molar-refractivity contribution in [2.24, 2.45) is 5.73 Å². The highest BCUT2D eigenvalue weighted by Gasteiger charge is 2.20. The predicted molar refractivity (Wildman–Crippen MR) is 100 cm³/mol. The van der Waals surface area contributed by atoms with Gasteiger partial charge >= 0.3 is 0 Å². The van der Waals surface area contributed by atoms with Crippen LogP contribution in [0.15, 0.2) is 48.5 Å². The minimum absolute atomic E-state index is 0.0330. The van der Waals surface area contributed by atoms with Gasteiger partial charge in [0.2, 0.25) is 11.8 Å². The van der Waals surface area contributed by atoms with Crippen molar-refractivity contribution in [3.05, 3.63) is 65.2 Å². The summed E-state index contributed by atoms with van der Waals surface area (Å²) >= 11 is 0. The molecular formula is C20H25N3O2. The molecule has 25 heavy (non-hydrogen) atoms. The maximum atomic E-state index is 12.4. The van der Waals surface area contributed by atoms with Crippen LogP contribution in [0.2, 0.25) is 0 Å². The third-order valence-corrected chi connectivity index (χ3v) is 4.25. The minimum Gasteiger partial charge on any atom is -0.335 e. The molecule has 1 unspecified atom stereocenters. The van der Waals surface area contributed by atoms with E-state index in [-0.39, 0.29) is 18.4 Å². The fourth-order valence-electron chi connectivity index (χ4n) is 2.61. The molecule has 2 amide bonds. The average molecular weight is 339 g/mol. The van der Waals surface area contributed by atoms with E-state index in [1.54, 1.807) is 7.05 Å². The number of nitrogens with one attached hydrogen (secondary N) is 1. The number of anilines is 1. The lowest BCUT2D eigenvalue weighted by Crippen LogP contribution is -2.45. The van der Waals surface area contributed by atoms with E-state index in [1.165, 1.54) is 4.90 Å². The Bertz CT molecular complexity index is 744. The lowest BCUT2D eigenvalue weighted by molar-refractivity contribution is -0.134. The molecule has 0 spiro atoms. The van der Waals surface area contributed by atoms with Crippen molar-refractivity contribution in [2.45, 2.75) is 26.3 Å². The molecule has 5 nitrogen and oxygen atoms in total. The summed E-state index contributed by atoms with van der Waals surface area (Å²) in [4.78, 5) is 26.0. The Kier molecular flexibility index (Phi) is 6.31. The Morgan fingerprint density at radius 2 is 1.76 bits per heavy atom. The Morgan fingerprint density at radius 3 is 2.44 bits per heavy atom. The van der Waals surface area contributed by atoms with Gasteiger partial charge in [0.25, 0.3) is 0 Å². The summed E-state index contributed by atoms with van der Waals surface area (Å²) in [7, 11) is 1.59. The topological polar surface area (TPSA) is 75.4 Å². The molecule has 3 N–H and O–H groups in total. The third-order valence-electron chi connectivity index (χ3n) is 4.25. The number of likely N-dealkylation sites (N-methyl/N-ethyl adjacent to an activating group) is 1. The number of amides is 2. The summed E-state index contributed by atoms with van der Waals surface area (Å²) in [6, 6.07) is 14.7. The van der Waals surface area contributed by atoms with Gasteiger partial charge in [0.1, 0.15) is 0 Å². The first kappa shape index (κ1) is 18.7. The van der Waals surface area contributed by atoms with E-state index in [0.29, 0.717) is 6.42 Å². The monoisotopic (exact) mass is 339 g/mol. The van der Waals surface area contributed by atoms with Crippen molar-refractivity contribution in [1.29, 1.82) is 0 Å². The van der Waals surface area contributed by atoms with Gasteiger partial charge in [-0.3, -0.25) is 9.59 Å². The molecule has 0 fully saturated rings. The van der Waals surface area contributed by atoms with E-state index in [0.717, 1.165) is 22.4 Å². The summed E-state index contributed by atoms with van der Waals surface area (Å²) in [6.07, 6.45) is 0.447. The van der Waals surface area contributed by atoms with Gasteiger partial charge in [-0.05, 0) is 43.0 Å². The molecule has 2 rings (SSSR count). The summed E-state index contributed by atoms with van der Waals surface area (Å²) in [5, 5.41) is 2.85. The molecule has 0 bridgehead atoms. The van der Waals surface area contributed by atoms with Gasteiger partial charge < -0.3 is 16.0 Å². The highest BCUT2D eigenvalue weighted by Crippen LogP contribution is 2.17. The molecule has 0 aliphatic carbocycles. The van der Waals surface area contributed by atoms with Gasteiger partial charge in [-0.15, -0.1) is 0 Å². The maximum absolute atomic E-state index is 12.4. The van der Waals surface area contributed by atoms with Crippen molar-refractivity contribution in [2.75, 3.05) is 18.9 Å². The maximum Gasteiger partial charge on any atom is 0.243 e. The van der Waals surface area contributed by atoms with E-state index >= 15 is 0 Å². The van der Waals surface area contributed by atoms with Crippen LogP contribution < -0.4 is 11.1 Å². The van der Waals surface area contributed by atoms with E-state index in [4.69, 9.17) is 5.73 Å². The Balaban J connectivity index is 1.91. The molecule has 5 heteroatoms. The molecule has 0 aliphatic heterocycles. The summed E-state index contributed by atoms with van der Waals surface area (Å²) < 4.78 is 0. The van der Waals surface area contributed by atoms with Gasteiger partial charge in [0.05, 0.1) is 12.6 Å². The standard InChI is InChI=1S/C20H25N3O2/c1-14-8-7-11-18(15(14)2)22-19(24)13-23(3)20(25)17(21)12-16-9-5-4-6-10-16/h4-11,17H,12-13,21H2,1-3H3,(H,22,24). The van der Waals surface area contributed by atoms with Crippen molar-refractivity contribution >= 4 is 17.5 Å². The number of benzene rings is 2. The van der Waals surface area contributed by atoms with E-state index < -0.39 is 6.04 Å². The van der Waals surface area contributed by atoms with Gasteiger partial charge in [-0.25, -0.2) is 0 Å². The number of carbonyl (C=O) groups excluding carboxylic acids is 2. The third kappa shape index (κ3) is 5.16. The van der Waals surface area contributed by atoms with E-state index in [1.807, 2.05) is 62.4 Å². The van der Waals surface area contributed by atoms with Gasteiger partial charge in [0, 0.05) is 12.7 Å². The van der Waals surface area contributed by atoms with Crippen molar-refractivity contribution in [3.8, 4) is 0 Å². The number of aryl methyl sites for hydroxylation is 1. The lowest BCUT2D eigenvalue weighted by atomic mass is 10.1. The Hall–Kier alpha value is -2.66. The SMILES string of the molecule is Cc1cccc(NC(=O)CN(C)C(=O)C(N)Cc2ccccc2)c1C. The first-order chi connectivity index (χ1) is 11.9. The molecule has 2 aromatic carbocycles. The number of hydrogen-bond donors (Lipinski definition) is 2. The predicted octanol–water partition coefficient (Wildman–Crippen LogP) is 2.27. The molecule has 0 saturated heterocycles. The Morgan fingerprint density at radius 1 is 1.08 bits per heavy atom. The average Bonchev–Trinajstić information content (AvgIpc) is 2.59. The van der Waals surface area contributed by atoms with Crippen LogP contribution in [0.25, 0.3) is 0 Å². The normalized spacial score (nSPS) is 11.7. The first-order valence-electron chi connectivity index (χ1n) is 8.29. The van der Waals surface area contributed by atoms with E-state index in [2.05, 4.69) is 5.32 Å². The zero-order valence-electron chi connectivity index (χ0n) is 15.0. The molecular weight excluding hydrogens is 314 g/mol. The number of carbonyl (C=O) groups is 2. The van der Waals surface area contributed by atoms with Crippen LogP contribution in [0.4, 0.5) is 5.69 Å². The fraction of sp³-hybridized carbons (Fsp3) is 0.300. The summed E-state index contributed by atoms with van der Waals surface area (Å²) in [6.45, 7) is 3.91. The van der Waals surface area contributed by atoms with E-state index in [9.17, 15) is 9.59 Å². The summed E-state index contributed by atoms with van der Waals surface area (Å²) in [5.74, 6) is -0.489. The molecule has 0 heterocycles. The van der Waals surface area contributed by atoms with Crippen molar-refractivity contribution in [1.82, 2.24) is 4.90 Å². The molecule has 0 radical (unpaired) electrons. The van der Waals surface area contributed by atoms with Gasteiger partial charge in [0.15, 0.2) is 0 Å². The van der Waals surface area contributed by atoms with Crippen LogP contribution in [0.1, 0.15) is 16.7 Å². The second-order valence-corrected chi connectivity index (χ2v) is 6.29. The second-order valence-electron chi connectivity index (χ2n) is 6.29. The molecule has 1 atom stereocenters. The van der Waals surface area contributed by atoms with Crippen LogP contribution in [-0.2, 0) is 16.0 Å². The van der Waals surface area contributed by atoms with Crippen molar-refractivity contribution < 1.29 is 9.59 Å². The fourth-order valence-corrected chi connectivity index (χ4v) is 2.61.